The maximum atomic E-state index is 6.20. The highest BCUT2D eigenvalue weighted by atomic mass is 35.5. The number of halogens is 2. The molecule has 1 aromatic heterocycles. The molecule has 0 unspecified atom stereocenters. The molecule has 0 saturated carbocycles. The van der Waals surface area contributed by atoms with E-state index in [1.165, 1.54) is 12.8 Å². The van der Waals surface area contributed by atoms with E-state index >= 15 is 0 Å². The molecule has 4 heteroatoms. The Bertz CT molecular complexity index is 322. The summed E-state index contributed by atoms with van der Waals surface area (Å²) in [4.78, 5) is 6.43. The lowest BCUT2D eigenvalue weighted by Crippen LogP contribution is -2.18. The van der Waals surface area contributed by atoms with Gasteiger partial charge in [0, 0.05) is 19.3 Å². The van der Waals surface area contributed by atoms with Crippen molar-refractivity contribution in [2.75, 3.05) is 18.0 Å². The molecule has 1 aliphatic heterocycles. The van der Waals surface area contributed by atoms with Crippen LogP contribution in [0.3, 0.4) is 0 Å². The summed E-state index contributed by atoms with van der Waals surface area (Å²) in [5.74, 6) is 0.376. The van der Waals surface area contributed by atoms with Crippen LogP contribution in [0.2, 0.25) is 5.02 Å². The van der Waals surface area contributed by atoms with Gasteiger partial charge in [0.1, 0.15) is 0 Å². The van der Waals surface area contributed by atoms with Crippen LogP contribution >= 0.6 is 23.2 Å². The first kappa shape index (κ1) is 10.1. The molecular formula is C10H12Cl2N2. The lowest BCUT2D eigenvalue weighted by Gasteiger charge is -2.19. The standard InChI is InChI=1S/C10H12Cl2N2/c11-7-8-10(12)9(3-4-13-8)14-5-1-2-6-14/h3-4H,1-2,5-7H2. The van der Waals surface area contributed by atoms with Gasteiger partial charge < -0.3 is 4.90 Å². The van der Waals surface area contributed by atoms with Crippen LogP contribution in [0.4, 0.5) is 5.69 Å². The summed E-state index contributed by atoms with van der Waals surface area (Å²) in [7, 11) is 0. The van der Waals surface area contributed by atoms with Crippen LogP contribution < -0.4 is 4.90 Å². The van der Waals surface area contributed by atoms with Gasteiger partial charge in [-0.1, -0.05) is 11.6 Å². The summed E-state index contributed by atoms with van der Waals surface area (Å²) in [6, 6.07) is 1.96. The number of rotatable bonds is 2. The molecule has 2 rings (SSSR count). The smallest absolute Gasteiger partial charge is 0.0867 e. The largest absolute Gasteiger partial charge is 0.370 e. The molecule has 0 N–H and O–H groups in total. The zero-order valence-corrected chi connectivity index (χ0v) is 9.35. The van der Waals surface area contributed by atoms with E-state index in [1.54, 1.807) is 6.20 Å². The number of hydrogen-bond acceptors (Lipinski definition) is 2. The second-order valence-electron chi connectivity index (χ2n) is 3.42. The van der Waals surface area contributed by atoms with E-state index in [0.29, 0.717) is 10.9 Å². The van der Waals surface area contributed by atoms with Gasteiger partial charge in [0.05, 0.1) is 22.3 Å². The van der Waals surface area contributed by atoms with Gasteiger partial charge in [-0.05, 0) is 18.9 Å². The van der Waals surface area contributed by atoms with Crippen molar-refractivity contribution in [3.63, 3.8) is 0 Å². The minimum Gasteiger partial charge on any atom is -0.370 e. The fourth-order valence-corrected chi connectivity index (χ4v) is 2.34. The van der Waals surface area contributed by atoms with Crippen molar-refractivity contribution < 1.29 is 0 Å². The molecule has 0 amide bonds. The van der Waals surface area contributed by atoms with E-state index in [0.717, 1.165) is 24.5 Å². The molecule has 0 spiro atoms. The minimum absolute atomic E-state index is 0.376. The van der Waals surface area contributed by atoms with E-state index in [1.807, 2.05) is 6.07 Å². The molecule has 0 atom stereocenters. The highest BCUT2D eigenvalue weighted by Crippen LogP contribution is 2.30. The second-order valence-corrected chi connectivity index (χ2v) is 4.06. The SMILES string of the molecule is ClCc1nccc(N2CCCC2)c1Cl. The Kier molecular flexibility index (Phi) is 3.14. The average Bonchev–Trinajstić information content (AvgIpc) is 2.71. The summed E-state index contributed by atoms with van der Waals surface area (Å²) in [6.45, 7) is 2.18. The summed E-state index contributed by atoms with van der Waals surface area (Å²) < 4.78 is 0. The average molecular weight is 231 g/mol. The zero-order valence-electron chi connectivity index (χ0n) is 7.84. The van der Waals surface area contributed by atoms with Crippen molar-refractivity contribution in [3.8, 4) is 0 Å². The summed E-state index contributed by atoms with van der Waals surface area (Å²) in [6.07, 6.45) is 4.26. The first-order valence-corrected chi connectivity index (χ1v) is 5.68. The van der Waals surface area contributed by atoms with Crippen LogP contribution in [0.15, 0.2) is 12.3 Å². The third-order valence-corrected chi connectivity index (χ3v) is 3.18. The van der Waals surface area contributed by atoms with E-state index < -0.39 is 0 Å². The molecule has 1 aliphatic rings. The van der Waals surface area contributed by atoms with E-state index in [9.17, 15) is 0 Å². The van der Waals surface area contributed by atoms with Crippen molar-refractivity contribution in [1.82, 2.24) is 4.98 Å². The van der Waals surface area contributed by atoms with Gasteiger partial charge in [0.15, 0.2) is 0 Å². The normalized spacial score (nSPS) is 16.3. The molecule has 1 saturated heterocycles. The minimum atomic E-state index is 0.376. The molecule has 2 heterocycles. The van der Waals surface area contributed by atoms with Crippen LogP contribution in [0.25, 0.3) is 0 Å². The lowest BCUT2D eigenvalue weighted by atomic mass is 10.3. The van der Waals surface area contributed by atoms with Gasteiger partial charge in [-0.15, -0.1) is 11.6 Å². The van der Waals surface area contributed by atoms with E-state index in [4.69, 9.17) is 23.2 Å². The topological polar surface area (TPSA) is 16.1 Å². The Balaban J connectivity index is 2.32. The van der Waals surface area contributed by atoms with Crippen molar-refractivity contribution >= 4 is 28.9 Å². The fourth-order valence-electron chi connectivity index (χ4n) is 1.77. The molecule has 0 aliphatic carbocycles. The third kappa shape index (κ3) is 1.82. The third-order valence-electron chi connectivity index (χ3n) is 2.51. The highest BCUT2D eigenvalue weighted by molar-refractivity contribution is 6.34. The Morgan fingerprint density at radius 1 is 1.36 bits per heavy atom. The van der Waals surface area contributed by atoms with Gasteiger partial charge in [0.25, 0.3) is 0 Å². The first-order chi connectivity index (χ1) is 6.83. The van der Waals surface area contributed by atoms with Crippen molar-refractivity contribution in [3.05, 3.63) is 23.0 Å². The monoisotopic (exact) mass is 230 g/mol. The molecule has 76 valence electrons. The summed E-state index contributed by atoms with van der Waals surface area (Å²) in [5.41, 5.74) is 1.85. The van der Waals surface area contributed by atoms with E-state index in [-0.39, 0.29) is 0 Å². The van der Waals surface area contributed by atoms with Crippen molar-refractivity contribution in [1.29, 1.82) is 0 Å². The molecule has 1 aromatic rings. The van der Waals surface area contributed by atoms with Crippen LogP contribution in [0.1, 0.15) is 18.5 Å². The number of hydrogen-bond donors (Lipinski definition) is 0. The van der Waals surface area contributed by atoms with Gasteiger partial charge in [-0.2, -0.15) is 0 Å². The second kappa shape index (κ2) is 4.37. The van der Waals surface area contributed by atoms with Crippen LogP contribution in [-0.2, 0) is 5.88 Å². The molecule has 0 radical (unpaired) electrons. The first-order valence-electron chi connectivity index (χ1n) is 4.77. The number of nitrogens with zero attached hydrogens (tertiary/aromatic N) is 2. The highest BCUT2D eigenvalue weighted by Gasteiger charge is 2.16. The predicted molar refractivity (Wildman–Crippen MR) is 60.3 cm³/mol. The fraction of sp³-hybridized carbons (Fsp3) is 0.500. The van der Waals surface area contributed by atoms with Crippen LogP contribution in [0.5, 0.6) is 0 Å². The number of alkyl halides is 1. The number of aromatic nitrogens is 1. The van der Waals surface area contributed by atoms with Gasteiger partial charge in [-0.25, -0.2) is 0 Å². The zero-order chi connectivity index (χ0) is 9.97. The maximum absolute atomic E-state index is 6.20. The molecule has 0 bridgehead atoms. The molecule has 2 nitrogen and oxygen atoms in total. The lowest BCUT2D eigenvalue weighted by molar-refractivity contribution is 0.949. The molecular weight excluding hydrogens is 219 g/mol. The van der Waals surface area contributed by atoms with E-state index in [2.05, 4.69) is 9.88 Å². The summed E-state index contributed by atoms with van der Waals surface area (Å²) in [5, 5.41) is 0.712. The Labute approximate surface area is 93.8 Å². The van der Waals surface area contributed by atoms with Gasteiger partial charge in [-0.3, -0.25) is 4.98 Å². The molecule has 14 heavy (non-hydrogen) atoms. The Morgan fingerprint density at radius 3 is 2.71 bits per heavy atom. The molecule has 0 aromatic carbocycles. The quantitative estimate of drug-likeness (QED) is 0.727. The van der Waals surface area contributed by atoms with Crippen LogP contribution in [-0.4, -0.2) is 18.1 Å². The van der Waals surface area contributed by atoms with Crippen molar-refractivity contribution in [2.24, 2.45) is 0 Å². The van der Waals surface area contributed by atoms with Crippen LogP contribution in [0, 0.1) is 0 Å². The number of pyridine rings is 1. The van der Waals surface area contributed by atoms with Gasteiger partial charge in [0.2, 0.25) is 0 Å². The van der Waals surface area contributed by atoms with Crippen molar-refractivity contribution in [2.45, 2.75) is 18.7 Å². The molecule has 1 fully saturated rings. The Hall–Kier alpha value is -0.470. The van der Waals surface area contributed by atoms with Gasteiger partial charge >= 0.3 is 0 Å². The maximum Gasteiger partial charge on any atom is 0.0867 e. The Morgan fingerprint density at radius 2 is 2.07 bits per heavy atom. The number of anilines is 1. The predicted octanol–water partition coefficient (Wildman–Crippen LogP) is 3.07. The summed E-state index contributed by atoms with van der Waals surface area (Å²) >= 11 is 11.9.